The van der Waals surface area contributed by atoms with Crippen molar-refractivity contribution >= 4 is 27.7 Å². The average Bonchev–Trinajstić information content (AvgIpc) is 2.15. The summed E-state index contributed by atoms with van der Waals surface area (Å²) in [4.78, 5) is 12.4. The maximum Gasteiger partial charge on any atom is 0.308 e. The molecule has 0 N–H and O–H groups in total. The number of hydrogen-bond donors (Lipinski definition) is 0. The first kappa shape index (κ1) is 11.0. The molecule has 0 bridgehead atoms. The maximum absolute atomic E-state index is 10.8. The largest absolute Gasteiger partial charge is 0.426 e. The molecule has 0 saturated heterocycles. The molecular formula is C11H11BrO2. The number of ether oxygens (including phenoxy) is 1. The highest BCUT2D eigenvalue weighted by Crippen LogP contribution is 2.18. The Morgan fingerprint density at radius 2 is 1.93 bits per heavy atom. The fraction of sp³-hybridized carbons (Fsp3) is 0.182. The van der Waals surface area contributed by atoms with Crippen LogP contribution in [0, 0.1) is 6.92 Å². The molecule has 0 aliphatic carbocycles. The normalized spacial score (nSPS) is 11.2. The lowest BCUT2D eigenvalue weighted by Crippen LogP contribution is -1.97. The molecule has 74 valence electrons. The van der Waals surface area contributed by atoms with Gasteiger partial charge in [-0.1, -0.05) is 45.8 Å². The standard InChI is InChI=1S/C11H11BrO2/c1-8-3-5-10(6-4-8)11(7-12)14-9(2)13/h3-7H,1-2H3/b11-7-. The Morgan fingerprint density at radius 1 is 1.36 bits per heavy atom. The van der Waals surface area contributed by atoms with Crippen LogP contribution in [-0.2, 0) is 9.53 Å². The molecular weight excluding hydrogens is 244 g/mol. The van der Waals surface area contributed by atoms with Crippen molar-refractivity contribution in [1.82, 2.24) is 0 Å². The number of esters is 1. The topological polar surface area (TPSA) is 26.3 Å². The van der Waals surface area contributed by atoms with E-state index in [9.17, 15) is 4.79 Å². The Morgan fingerprint density at radius 3 is 2.36 bits per heavy atom. The number of carbonyl (C=O) groups excluding carboxylic acids is 1. The third-order valence-corrected chi connectivity index (χ3v) is 2.10. The molecule has 14 heavy (non-hydrogen) atoms. The van der Waals surface area contributed by atoms with Gasteiger partial charge < -0.3 is 4.74 Å². The SMILES string of the molecule is CC(=O)O/C(=C\Br)c1ccc(C)cc1. The number of carbonyl (C=O) groups is 1. The lowest BCUT2D eigenvalue weighted by Gasteiger charge is -2.05. The van der Waals surface area contributed by atoms with Crippen LogP contribution in [0.3, 0.4) is 0 Å². The smallest absolute Gasteiger partial charge is 0.308 e. The minimum absolute atomic E-state index is 0.323. The predicted octanol–water partition coefficient (Wildman–Crippen LogP) is 3.25. The van der Waals surface area contributed by atoms with Crippen molar-refractivity contribution in [2.45, 2.75) is 13.8 Å². The van der Waals surface area contributed by atoms with E-state index in [4.69, 9.17) is 4.74 Å². The number of benzene rings is 1. The first-order chi connectivity index (χ1) is 6.63. The summed E-state index contributed by atoms with van der Waals surface area (Å²) in [6.45, 7) is 3.39. The van der Waals surface area contributed by atoms with E-state index < -0.39 is 0 Å². The van der Waals surface area contributed by atoms with Crippen molar-refractivity contribution in [2.24, 2.45) is 0 Å². The van der Waals surface area contributed by atoms with E-state index >= 15 is 0 Å². The van der Waals surface area contributed by atoms with Gasteiger partial charge in [-0.25, -0.2) is 0 Å². The van der Waals surface area contributed by atoms with Crippen LogP contribution in [0.1, 0.15) is 18.1 Å². The second-order valence-corrected chi connectivity index (χ2v) is 3.39. The fourth-order valence-corrected chi connectivity index (χ4v) is 1.37. The summed E-state index contributed by atoms with van der Waals surface area (Å²) in [5, 5.41) is 0. The van der Waals surface area contributed by atoms with E-state index in [2.05, 4.69) is 15.9 Å². The molecule has 0 radical (unpaired) electrons. The number of rotatable bonds is 2. The Hall–Kier alpha value is -1.09. The van der Waals surface area contributed by atoms with Crippen LogP contribution in [0.25, 0.3) is 5.76 Å². The molecule has 0 atom stereocenters. The third-order valence-electron chi connectivity index (χ3n) is 1.69. The van der Waals surface area contributed by atoms with Crippen LogP contribution < -0.4 is 0 Å². The Bertz CT molecular complexity index is 352. The first-order valence-corrected chi connectivity index (χ1v) is 5.11. The number of hydrogen-bond acceptors (Lipinski definition) is 2. The molecule has 0 spiro atoms. The lowest BCUT2D eigenvalue weighted by atomic mass is 10.1. The van der Waals surface area contributed by atoms with Crippen LogP contribution in [0.15, 0.2) is 29.3 Å². The molecule has 3 heteroatoms. The summed E-state index contributed by atoms with van der Waals surface area (Å²) in [6, 6.07) is 7.75. The van der Waals surface area contributed by atoms with Crippen LogP contribution in [0.5, 0.6) is 0 Å². The van der Waals surface area contributed by atoms with Crippen molar-refractivity contribution in [3.05, 3.63) is 40.4 Å². The van der Waals surface area contributed by atoms with E-state index in [1.807, 2.05) is 31.2 Å². The Balaban J connectivity index is 2.91. The Kier molecular flexibility index (Phi) is 3.89. The Labute approximate surface area is 91.7 Å². The predicted molar refractivity (Wildman–Crippen MR) is 59.8 cm³/mol. The summed E-state index contributed by atoms with van der Waals surface area (Å²) >= 11 is 3.16. The van der Waals surface area contributed by atoms with Gasteiger partial charge >= 0.3 is 5.97 Å². The molecule has 0 aliphatic rings. The van der Waals surface area contributed by atoms with E-state index in [1.54, 1.807) is 4.99 Å². The van der Waals surface area contributed by atoms with Gasteiger partial charge in [-0.3, -0.25) is 4.79 Å². The van der Waals surface area contributed by atoms with Crippen molar-refractivity contribution in [3.8, 4) is 0 Å². The summed E-state index contributed by atoms with van der Waals surface area (Å²) in [6.07, 6.45) is 0. The molecule has 1 aromatic carbocycles. The average molecular weight is 255 g/mol. The quantitative estimate of drug-likeness (QED) is 0.599. The third kappa shape index (κ3) is 3.00. The van der Waals surface area contributed by atoms with Crippen molar-refractivity contribution in [2.75, 3.05) is 0 Å². The molecule has 1 aromatic rings. The zero-order valence-electron chi connectivity index (χ0n) is 8.08. The van der Waals surface area contributed by atoms with Gasteiger partial charge in [-0.2, -0.15) is 0 Å². The summed E-state index contributed by atoms with van der Waals surface area (Å²) in [5.41, 5.74) is 2.05. The van der Waals surface area contributed by atoms with Crippen molar-refractivity contribution < 1.29 is 9.53 Å². The molecule has 0 heterocycles. The minimum Gasteiger partial charge on any atom is -0.426 e. The van der Waals surface area contributed by atoms with Crippen molar-refractivity contribution in [1.29, 1.82) is 0 Å². The van der Waals surface area contributed by atoms with E-state index in [0.29, 0.717) is 5.76 Å². The first-order valence-electron chi connectivity index (χ1n) is 4.19. The summed E-state index contributed by atoms with van der Waals surface area (Å²) in [5.74, 6) is 0.203. The molecule has 0 amide bonds. The number of aryl methyl sites for hydroxylation is 1. The fourth-order valence-electron chi connectivity index (χ4n) is 1.02. The van der Waals surface area contributed by atoms with Gasteiger partial charge in [0.2, 0.25) is 0 Å². The van der Waals surface area contributed by atoms with Gasteiger partial charge in [0.1, 0.15) is 5.76 Å². The van der Waals surface area contributed by atoms with Crippen LogP contribution in [0.4, 0.5) is 0 Å². The lowest BCUT2D eigenvalue weighted by molar-refractivity contribution is -0.134. The van der Waals surface area contributed by atoms with Gasteiger partial charge in [0.25, 0.3) is 0 Å². The van der Waals surface area contributed by atoms with Gasteiger partial charge in [0, 0.05) is 17.5 Å². The van der Waals surface area contributed by atoms with Crippen molar-refractivity contribution in [3.63, 3.8) is 0 Å². The molecule has 0 aliphatic heterocycles. The molecule has 0 fully saturated rings. The van der Waals surface area contributed by atoms with Crippen LogP contribution >= 0.6 is 15.9 Å². The van der Waals surface area contributed by atoms with E-state index in [0.717, 1.165) is 5.56 Å². The van der Waals surface area contributed by atoms with Gasteiger partial charge in [-0.05, 0) is 6.92 Å². The molecule has 0 saturated carbocycles. The molecule has 2 nitrogen and oxygen atoms in total. The van der Waals surface area contributed by atoms with Gasteiger partial charge in [0.05, 0.1) is 0 Å². The van der Waals surface area contributed by atoms with Gasteiger partial charge in [0.15, 0.2) is 0 Å². The number of halogens is 1. The molecule has 1 rings (SSSR count). The monoisotopic (exact) mass is 254 g/mol. The second kappa shape index (κ2) is 4.96. The highest BCUT2D eigenvalue weighted by molar-refractivity contribution is 9.11. The minimum atomic E-state index is -0.323. The van der Waals surface area contributed by atoms with E-state index in [-0.39, 0.29) is 5.97 Å². The second-order valence-electron chi connectivity index (χ2n) is 2.93. The highest BCUT2D eigenvalue weighted by atomic mass is 79.9. The summed E-state index contributed by atoms with van der Waals surface area (Å²) < 4.78 is 5.00. The van der Waals surface area contributed by atoms with Gasteiger partial charge in [-0.15, -0.1) is 0 Å². The molecule has 0 aromatic heterocycles. The maximum atomic E-state index is 10.8. The van der Waals surface area contributed by atoms with Crippen LogP contribution in [0.2, 0.25) is 0 Å². The highest BCUT2D eigenvalue weighted by Gasteiger charge is 2.04. The molecule has 0 unspecified atom stereocenters. The zero-order chi connectivity index (χ0) is 10.6. The summed E-state index contributed by atoms with van der Waals surface area (Å²) in [7, 11) is 0. The zero-order valence-corrected chi connectivity index (χ0v) is 9.67. The van der Waals surface area contributed by atoms with Crippen LogP contribution in [-0.4, -0.2) is 5.97 Å². The van der Waals surface area contributed by atoms with E-state index in [1.165, 1.54) is 12.5 Å².